The molecular weight excluding hydrogens is 464 g/mol. The van der Waals surface area contributed by atoms with Crippen molar-refractivity contribution in [3.8, 4) is 0 Å². The minimum Gasteiger partial charge on any atom is -0.462 e. The number of esters is 2. The van der Waals surface area contributed by atoms with E-state index in [-0.39, 0.29) is 33.9 Å². The molecule has 4 N–H and O–H groups in total. The van der Waals surface area contributed by atoms with Crippen molar-refractivity contribution < 1.29 is 33.3 Å². The van der Waals surface area contributed by atoms with E-state index in [9.17, 15) is 9.59 Å². The molecule has 36 heavy (non-hydrogen) atoms. The molecule has 9 nitrogen and oxygen atoms in total. The van der Waals surface area contributed by atoms with Crippen LogP contribution in [0.15, 0.2) is 60.7 Å². The molecule has 200 valence electrons. The summed E-state index contributed by atoms with van der Waals surface area (Å²) in [6.45, 7) is 2.30. The molecule has 0 fully saturated rings. The fourth-order valence-electron chi connectivity index (χ4n) is 3.06. The van der Waals surface area contributed by atoms with Crippen LogP contribution in [0, 0.1) is 0 Å². The van der Waals surface area contributed by atoms with Crippen molar-refractivity contribution >= 4 is 11.9 Å². The highest BCUT2D eigenvalue weighted by atomic mass is 16.6. The standard InChI is InChI=1S/C26H36N2O7.CH4/c27-23(19-21-7-3-1-4-8-21)25(29)34-17-15-32-13-11-31-12-14-33-16-18-35-26(30)24(28)20-22-9-5-2-6-10-22;/h1-10,23-24H,11-20,27-28H2;1H4. The van der Waals surface area contributed by atoms with E-state index in [2.05, 4.69) is 0 Å². The van der Waals surface area contributed by atoms with Gasteiger partial charge in [-0.3, -0.25) is 9.59 Å². The number of hydrogen-bond acceptors (Lipinski definition) is 9. The van der Waals surface area contributed by atoms with Gasteiger partial charge < -0.3 is 35.2 Å². The van der Waals surface area contributed by atoms with Crippen molar-refractivity contribution in [2.45, 2.75) is 32.4 Å². The van der Waals surface area contributed by atoms with Crippen LogP contribution in [0.1, 0.15) is 18.6 Å². The number of ether oxygens (including phenoxy) is 5. The molecule has 2 aromatic rings. The van der Waals surface area contributed by atoms with Crippen molar-refractivity contribution in [3.63, 3.8) is 0 Å². The van der Waals surface area contributed by atoms with Gasteiger partial charge in [-0.1, -0.05) is 68.1 Å². The van der Waals surface area contributed by atoms with Gasteiger partial charge in [-0.05, 0) is 24.0 Å². The minimum atomic E-state index is -0.699. The summed E-state index contributed by atoms with van der Waals surface area (Å²) in [7, 11) is 0. The van der Waals surface area contributed by atoms with E-state index in [0.29, 0.717) is 39.3 Å². The molecular formula is C27H40N2O7. The molecule has 9 heteroatoms. The zero-order chi connectivity index (χ0) is 25.1. The third-order valence-electron chi connectivity index (χ3n) is 4.89. The first-order valence-corrected chi connectivity index (χ1v) is 11.7. The van der Waals surface area contributed by atoms with Crippen LogP contribution >= 0.6 is 0 Å². The summed E-state index contributed by atoms with van der Waals surface area (Å²) in [6.07, 6.45) is 0.862. The number of carbonyl (C=O) groups is 2. The highest BCUT2D eigenvalue weighted by Crippen LogP contribution is 2.04. The lowest BCUT2D eigenvalue weighted by molar-refractivity contribution is -0.147. The average molecular weight is 505 g/mol. The molecule has 0 aromatic heterocycles. The second-order valence-corrected chi connectivity index (χ2v) is 7.76. The first-order chi connectivity index (χ1) is 17.1. The Hall–Kier alpha value is -2.82. The summed E-state index contributed by atoms with van der Waals surface area (Å²) >= 11 is 0. The van der Waals surface area contributed by atoms with Crippen molar-refractivity contribution in [2.24, 2.45) is 11.5 Å². The lowest BCUT2D eigenvalue weighted by atomic mass is 10.1. The third-order valence-corrected chi connectivity index (χ3v) is 4.89. The second kappa shape index (κ2) is 19.4. The van der Waals surface area contributed by atoms with Crippen LogP contribution in [0.3, 0.4) is 0 Å². The van der Waals surface area contributed by atoms with E-state index in [0.717, 1.165) is 11.1 Å². The number of nitrogens with two attached hydrogens (primary N) is 2. The van der Waals surface area contributed by atoms with Crippen molar-refractivity contribution in [2.75, 3.05) is 52.9 Å². The lowest BCUT2D eigenvalue weighted by Crippen LogP contribution is -2.35. The van der Waals surface area contributed by atoms with E-state index in [1.54, 1.807) is 0 Å². The van der Waals surface area contributed by atoms with Gasteiger partial charge >= 0.3 is 11.9 Å². The maximum Gasteiger partial charge on any atom is 0.323 e. The van der Waals surface area contributed by atoms with Gasteiger partial charge in [0.15, 0.2) is 0 Å². The predicted octanol–water partition coefficient (Wildman–Crippen LogP) is 1.90. The van der Waals surface area contributed by atoms with Crippen LogP contribution in [0.25, 0.3) is 0 Å². The predicted molar refractivity (Wildman–Crippen MR) is 137 cm³/mol. The van der Waals surface area contributed by atoms with Crippen LogP contribution in [0.2, 0.25) is 0 Å². The Kier molecular flexibility index (Phi) is 16.8. The maximum absolute atomic E-state index is 11.9. The summed E-state index contributed by atoms with van der Waals surface area (Å²) in [5.74, 6) is -0.899. The monoisotopic (exact) mass is 504 g/mol. The molecule has 0 aliphatic heterocycles. The van der Waals surface area contributed by atoms with Crippen molar-refractivity contribution in [1.82, 2.24) is 0 Å². The Balaban J connectivity index is 0.00000648. The largest absolute Gasteiger partial charge is 0.462 e. The van der Waals surface area contributed by atoms with Gasteiger partial charge in [0.1, 0.15) is 25.3 Å². The summed E-state index contributed by atoms with van der Waals surface area (Å²) < 4.78 is 26.4. The van der Waals surface area contributed by atoms with Gasteiger partial charge in [-0.15, -0.1) is 0 Å². The van der Waals surface area contributed by atoms with Crippen molar-refractivity contribution in [3.05, 3.63) is 71.8 Å². The van der Waals surface area contributed by atoms with Gasteiger partial charge in [0.25, 0.3) is 0 Å². The van der Waals surface area contributed by atoms with Gasteiger partial charge in [-0.2, -0.15) is 0 Å². The normalized spacial score (nSPS) is 12.3. The third kappa shape index (κ3) is 13.9. The molecule has 0 heterocycles. The lowest BCUT2D eigenvalue weighted by Gasteiger charge is -2.12. The molecule has 0 saturated heterocycles. The van der Waals surface area contributed by atoms with Crippen LogP contribution in [0.5, 0.6) is 0 Å². The fraction of sp³-hybridized carbons (Fsp3) is 0.481. The van der Waals surface area contributed by atoms with Crippen LogP contribution < -0.4 is 11.5 Å². The summed E-state index contributed by atoms with van der Waals surface area (Å²) in [5.41, 5.74) is 13.7. The van der Waals surface area contributed by atoms with Gasteiger partial charge in [0, 0.05) is 0 Å². The second-order valence-electron chi connectivity index (χ2n) is 7.76. The number of carbonyl (C=O) groups excluding carboxylic acids is 2. The Morgan fingerprint density at radius 3 is 1.19 bits per heavy atom. The molecule has 2 atom stereocenters. The zero-order valence-corrected chi connectivity index (χ0v) is 20.0. The topological polar surface area (TPSA) is 132 Å². The Bertz CT molecular complexity index is 767. The maximum atomic E-state index is 11.9. The fourth-order valence-corrected chi connectivity index (χ4v) is 3.06. The van der Waals surface area contributed by atoms with Crippen LogP contribution in [-0.2, 0) is 46.1 Å². The highest BCUT2D eigenvalue weighted by Gasteiger charge is 2.16. The quantitative estimate of drug-likeness (QED) is 0.231. The van der Waals surface area contributed by atoms with E-state index < -0.39 is 24.0 Å². The number of rotatable bonds is 18. The molecule has 0 aliphatic rings. The number of benzene rings is 2. The Morgan fingerprint density at radius 1 is 0.556 bits per heavy atom. The van der Waals surface area contributed by atoms with Gasteiger partial charge in [0.05, 0.1) is 39.6 Å². The molecule has 0 radical (unpaired) electrons. The summed E-state index contributed by atoms with van der Waals surface area (Å²) in [5, 5.41) is 0. The highest BCUT2D eigenvalue weighted by molar-refractivity contribution is 5.76. The molecule has 0 saturated carbocycles. The van der Waals surface area contributed by atoms with E-state index >= 15 is 0 Å². The summed E-state index contributed by atoms with van der Waals surface area (Å²) in [4.78, 5) is 23.8. The molecule has 2 aromatic carbocycles. The Labute approximate surface area is 214 Å². The zero-order valence-electron chi connectivity index (χ0n) is 20.0. The first kappa shape index (κ1) is 31.2. The van der Waals surface area contributed by atoms with Crippen LogP contribution in [0.4, 0.5) is 0 Å². The average Bonchev–Trinajstić information content (AvgIpc) is 2.87. The van der Waals surface area contributed by atoms with Crippen molar-refractivity contribution in [1.29, 1.82) is 0 Å². The summed E-state index contributed by atoms with van der Waals surface area (Å²) in [6, 6.07) is 17.7. The van der Waals surface area contributed by atoms with Gasteiger partial charge in [-0.25, -0.2) is 0 Å². The van der Waals surface area contributed by atoms with E-state index in [4.69, 9.17) is 35.2 Å². The van der Waals surface area contributed by atoms with Gasteiger partial charge in [0.2, 0.25) is 0 Å². The molecule has 0 bridgehead atoms. The molecule has 0 spiro atoms. The van der Waals surface area contributed by atoms with E-state index in [1.165, 1.54) is 0 Å². The van der Waals surface area contributed by atoms with Crippen LogP contribution in [-0.4, -0.2) is 76.9 Å². The molecule has 2 rings (SSSR count). The molecule has 2 unspecified atom stereocenters. The Morgan fingerprint density at radius 2 is 0.861 bits per heavy atom. The number of hydrogen-bond donors (Lipinski definition) is 2. The molecule has 0 amide bonds. The molecule has 0 aliphatic carbocycles. The van der Waals surface area contributed by atoms with E-state index in [1.807, 2.05) is 60.7 Å². The smallest absolute Gasteiger partial charge is 0.323 e. The first-order valence-electron chi connectivity index (χ1n) is 11.7. The SMILES string of the molecule is C.NC(Cc1ccccc1)C(=O)OCCOCCOCCOCCOC(=O)C(N)Cc1ccccc1. The minimum absolute atomic E-state index is 0.